The molecule has 0 aromatic heterocycles. The molecule has 1 aliphatic rings. The van der Waals surface area contributed by atoms with Crippen molar-refractivity contribution in [3.8, 4) is 0 Å². The molecule has 0 fully saturated rings. The van der Waals surface area contributed by atoms with Gasteiger partial charge in [0.15, 0.2) is 5.78 Å². The Balaban J connectivity index is 2.05. The summed E-state index contributed by atoms with van der Waals surface area (Å²) in [5.41, 5.74) is 2.21. The van der Waals surface area contributed by atoms with Gasteiger partial charge in [-0.3, -0.25) is 19.7 Å². The number of hydrogen-bond acceptors (Lipinski definition) is 5. The zero-order chi connectivity index (χ0) is 19.4. The van der Waals surface area contributed by atoms with Crippen LogP contribution in [0.25, 0.3) is 5.57 Å². The molecule has 0 aliphatic heterocycles. The second kappa shape index (κ2) is 7.95. The Hall–Kier alpha value is -3.28. The quantitative estimate of drug-likeness (QED) is 0.347. The molecule has 0 saturated carbocycles. The van der Waals surface area contributed by atoms with E-state index in [1.54, 1.807) is 19.1 Å². The zero-order valence-electron chi connectivity index (χ0n) is 14.8. The fourth-order valence-electron chi connectivity index (χ4n) is 3.42. The molecule has 2 aromatic rings. The number of benzene rings is 2. The van der Waals surface area contributed by atoms with Crippen LogP contribution in [0.3, 0.4) is 0 Å². The lowest BCUT2D eigenvalue weighted by Crippen LogP contribution is -2.34. The summed E-state index contributed by atoms with van der Waals surface area (Å²) >= 11 is 0. The highest BCUT2D eigenvalue weighted by molar-refractivity contribution is 6.10. The Morgan fingerprint density at radius 3 is 2.59 bits per heavy atom. The summed E-state index contributed by atoms with van der Waals surface area (Å²) in [5, 5.41) is 11.1. The van der Waals surface area contributed by atoms with Crippen molar-refractivity contribution in [2.75, 3.05) is 6.61 Å². The lowest BCUT2D eigenvalue weighted by Gasteiger charge is -2.29. The second-order valence-electron chi connectivity index (χ2n) is 6.33. The molecule has 6 heteroatoms. The summed E-state index contributed by atoms with van der Waals surface area (Å²) in [6.45, 7) is 1.85. The maximum absolute atomic E-state index is 12.8. The van der Waals surface area contributed by atoms with Gasteiger partial charge in [0.2, 0.25) is 0 Å². The fourth-order valence-corrected chi connectivity index (χ4v) is 3.42. The van der Waals surface area contributed by atoms with E-state index in [4.69, 9.17) is 4.74 Å². The van der Waals surface area contributed by atoms with E-state index in [-0.39, 0.29) is 18.1 Å². The minimum Gasteiger partial charge on any atom is -0.465 e. The molecule has 2 aromatic carbocycles. The van der Waals surface area contributed by atoms with Gasteiger partial charge >= 0.3 is 5.97 Å². The number of nitro benzene ring substituents is 1. The van der Waals surface area contributed by atoms with Gasteiger partial charge in [-0.15, -0.1) is 0 Å². The predicted molar refractivity (Wildman–Crippen MR) is 100 cm³/mol. The van der Waals surface area contributed by atoms with Crippen LogP contribution in [0.2, 0.25) is 0 Å². The van der Waals surface area contributed by atoms with Crippen molar-refractivity contribution in [3.63, 3.8) is 0 Å². The summed E-state index contributed by atoms with van der Waals surface area (Å²) in [6.07, 6.45) is 1.91. The number of carbonyl (C=O) groups excluding carboxylic acids is 2. The van der Waals surface area contributed by atoms with Crippen LogP contribution in [0.15, 0.2) is 60.7 Å². The fraction of sp³-hybridized carbons (Fsp3) is 0.238. The van der Waals surface area contributed by atoms with Gasteiger partial charge in [0.05, 0.1) is 11.5 Å². The van der Waals surface area contributed by atoms with Crippen LogP contribution in [-0.4, -0.2) is 23.3 Å². The predicted octanol–water partition coefficient (Wildman–Crippen LogP) is 3.91. The highest BCUT2D eigenvalue weighted by atomic mass is 16.6. The molecular weight excluding hydrogens is 346 g/mol. The van der Waals surface area contributed by atoms with Gasteiger partial charge in [0.1, 0.15) is 5.92 Å². The molecule has 2 atom stereocenters. The zero-order valence-corrected chi connectivity index (χ0v) is 14.8. The van der Waals surface area contributed by atoms with Gasteiger partial charge in [-0.05, 0) is 36.1 Å². The van der Waals surface area contributed by atoms with E-state index in [2.05, 4.69) is 0 Å². The Kier molecular flexibility index (Phi) is 5.45. The molecule has 0 spiro atoms. The standard InChI is InChI=1S/C21H19NO5/c1-2-27-21(24)20-18(15-9-6-10-17(11-15)22(25)26)12-16(13-19(20)23)14-7-4-3-5-8-14/h3-11,13,18,20H,2,12H2,1H3/t18-,20-/m0/s1. The third-order valence-corrected chi connectivity index (χ3v) is 4.66. The van der Waals surface area contributed by atoms with E-state index >= 15 is 0 Å². The van der Waals surface area contributed by atoms with Gasteiger partial charge < -0.3 is 4.74 Å². The van der Waals surface area contributed by atoms with Gasteiger partial charge in [-0.2, -0.15) is 0 Å². The van der Waals surface area contributed by atoms with Crippen molar-refractivity contribution in [2.24, 2.45) is 5.92 Å². The van der Waals surface area contributed by atoms with Crippen LogP contribution < -0.4 is 0 Å². The Bertz CT molecular complexity index is 904. The summed E-state index contributed by atoms with van der Waals surface area (Å²) in [5.74, 6) is -2.45. The number of carbonyl (C=O) groups is 2. The first-order valence-electron chi connectivity index (χ1n) is 8.72. The molecule has 0 radical (unpaired) electrons. The lowest BCUT2D eigenvalue weighted by atomic mass is 9.73. The summed E-state index contributed by atoms with van der Waals surface area (Å²) < 4.78 is 5.10. The van der Waals surface area contributed by atoms with Crippen LogP contribution >= 0.6 is 0 Å². The first-order valence-corrected chi connectivity index (χ1v) is 8.72. The van der Waals surface area contributed by atoms with E-state index in [1.165, 1.54) is 18.2 Å². The molecule has 27 heavy (non-hydrogen) atoms. The van der Waals surface area contributed by atoms with Gasteiger partial charge in [-0.25, -0.2) is 0 Å². The maximum atomic E-state index is 12.8. The highest BCUT2D eigenvalue weighted by Gasteiger charge is 2.40. The van der Waals surface area contributed by atoms with E-state index in [0.717, 1.165) is 11.1 Å². The van der Waals surface area contributed by atoms with Crippen molar-refractivity contribution < 1.29 is 19.2 Å². The van der Waals surface area contributed by atoms with Crippen LogP contribution in [-0.2, 0) is 14.3 Å². The SMILES string of the molecule is CCOC(=O)[C@@H]1C(=O)C=C(c2ccccc2)C[C@H]1c1cccc([N+](=O)[O-])c1. The number of allylic oxidation sites excluding steroid dienone is 2. The average molecular weight is 365 g/mol. The van der Waals surface area contributed by atoms with Crippen LogP contribution in [0.1, 0.15) is 30.4 Å². The number of nitrogens with zero attached hydrogens (tertiary/aromatic N) is 1. The maximum Gasteiger partial charge on any atom is 0.317 e. The van der Waals surface area contributed by atoms with E-state index in [0.29, 0.717) is 12.0 Å². The largest absolute Gasteiger partial charge is 0.465 e. The number of esters is 1. The van der Waals surface area contributed by atoms with Crippen LogP contribution in [0.4, 0.5) is 5.69 Å². The Labute approximate surface area is 156 Å². The number of ether oxygens (including phenoxy) is 1. The molecule has 3 rings (SSSR count). The van der Waals surface area contributed by atoms with Crippen molar-refractivity contribution in [3.05, 3.63) is 81.9 Å². The number of non-ortho nitro benzene ring substituents is 1. The average Bonchev–Trinajstić information content (AvgIpc) is 2.68. The first kappa shape index (κ1) is 18.5. The molecule has 0 bridgehead atoms. The Morgan fingerprint density at radius 1 is 1.19 bits per heavy atom. The molecule has 6 nitrogen and oxygen atoms in total. The van der Waals surface area contributed by atoms with Crippen molar-refractivity contribution >= 4 is 23.0 Å². The van der Waals surface area contributed by atoms with E-state index in [9.17, 15) is 19.7 Å². The third kappa shape index (κ3) is 3.95. The summed E-state index contributed by atoms with van der Waals surface area (Å²) in [6, 6.07) is 15.5. The van der Waals surface area contributed by atoms with Gasteiger partial charge in [0.25, 0.3) is 5.69 Å². The molecule has 0 unspecified atom stereocenters. The molecule has 138 valence electrons. The van der Waals surface area contributed by atoms with Crippen LogP contribution in [0, 0.1) is 16.0 Å². The molecule has 1 aliphatic carbocycles. The van der Waals surface area contributed by atoms with Crippen molar-refractivity contribution in [2.45, 2.75) is 19.3 Å². The van der Waals surface area contributed by atoms with Crippen LogP contribution in [0.5, 0.6) is 0 Å². The van der Waals surface area contributed by atoms with Gasteiger partial charge in [0, 0.05) is 18.1 Å². The van der Waals surface area contributed by atoms with E-state index in [1.807, 2.05) is 30.3 Å². The molecular formula is C21H19NO5. The van der Waals surface area contributed by atoms with Crippen molar-refractivity contribution in [1.29, 1.82) is 0 Å². The van der Waals surface area contributed by atoms with Crippen molar-refractivity contribution in [1.82, 2.24) is 0 Å². The Morgan fingerprint density at radius 2 is 1.93 bits per heavy atom. The third-order valence-electron chi connectivity index (χ3n) is 4.66. The minimum absolute atomic E-state index is 0.0710. The molecule has 0 saturated heterocycles. The number of hydrogen-bond donors (Lipinski definition) is 0. The first-order chi connectivity index (χ1) is 13.0. The molecule has 0 heterocycles. The van der Waals surface area contributed by atoms with E-state index < -0.39 is 22.7 Å². The highest BCUT2D eigenvalue weighted by Crippen LogP contribution is 2.41. The number of rotatable bonds is 5. The normalized spacial score (nSPS) is 19.3. The minimum atomic E-state index is -1.00. The smallest absolute Gasteiger partial charge is 0.317 e. The lowest BCUT2D eigenvalue weighted by molar-refractivity contribution is -0.384. The molecule has 0 N–H and O–H groups in total. The van der Waals surface area contributed by atoms with Gasteiger partial charge in [-0.1, -0.05) is 42.5 Å². The second-order valence-corrected chi connectivity index (χ2v) is 6.33. The monoisotopic (exact) mass is 365 g/mol. The molecule has 0 amide bonds. The summed E-state index contributed by atoms with van der Waals surface area (Å²) in [4.78, 5) is 35.9. The summed E-state index contributed by atoms with van der Waals surface area (Å²) in [7, 11) is 0. The number of ketones is 1. The number of nitro groups is 1. The topological polar surface area (TPSA) is 86.5 Å².